The highest BCUT2D eigenvalue weighted by Crippen LogP contribution is 2.32. The van der Waals surface area contributed by atoms with Crippen LogP contribution in [0.5, 0.6) is 0 Å². The molecule has 1 aliphatic rings. The lowest BCUT2D eigenvalue weighted by Gasteiger charge is -2.44. The molecule has 106 valence electrons. The molecule has 0 radical (unpaired) electrons. The molecule has 1 aliphatic heterocycles. The van der Waals surface area contributed by atoms with Crippen molar-refractivity contribution < 1.29 is 4.74 Å². The van der Waals surface area contributed by atoms with E-state index in [9.17, 15) is 0 Å². The SMILES string of the molecule is CC(N)Cc1cc(Cl)ccc1N1CCOCC1(C)C. The van der Waals surface area contributed by atoms with Crippen molar-refractivity contribution >= 4 is 17.3 Å². The number of benzene rings is 1. The Kier molecular flexibility index (Phi) is 4.39. The van der Waals surface area contributed by atoms with Crippen LogP contribution < -0.4 is 10.6 Å². The minimum Gasteiger partial charge on any atom is -0.377 e. The lowest BCUT2D eigenvalue weighted by atomic mass is 9.97. The molecule has 0 aliphatic carbocycles. The van der Waals surface area contributed by atoms with E-state index < -0.39 is 0 Å². The highest BCUT2D eigenvalue weighted by atomic mass is 35.5. The summed E-state index contributed by atoms with van der Waals surface area (Å²) in [6.45, 7) is 8.85. The minimum absolute atomic E-state index is 0.00132. The van der Waals surface area contributed by atoms with Crippen molar-refractivity contribution in [2.24, 2.45) is 5.73 Å². The summed E-state index contributed by atoms with van der Waals surface area (Å²) in [5.41, 5.74) is 8.40. The summed E-state index contributed by atoms with van der Waals surface area (Å²) in [5, 5.41) is 0.769. The fraction of sp³-hybridized carbons (Fsp3) is 0.600. The van der Waals surface area contributed by atoms with Gasteiger partial charge in [0.25, 0.3) is 0 Å². The Labute approximate surface area is 120 Å². The second kappa shape index (κ2) is 5.70. The van der Waals surface area contributed by atoms with E-state index in [2.05, 4.69) is 24.8 Å². The number of ether oxygens (including phenoxy) is 1. The van der Waals surface area contributed by atoms with Crippen LogP contribution in [0, 0.1) is 0 Å². The summed E-state index contributed by atoms with van der Waals surface area (Å²) in [6.07, 6.45) is 0.837. The lowest BCUT2D eigenvalue weighted by Crippen LogP contribution is -2.53. The molecule has 0 spiro atoms. The molecule has 1 saturated heterocycles. The number of anilines is 1. The number of nitrogens with two attached hydrogens (primary N) is 1. The van der Waals surface area contributed by atoms with Crippen molar-refractivity contribution in [2.45, 2.75) is 38.8 Å². The molecule has 1 aromatic rings. The summed E-state index contributed by atoms with van der Waals surface area (Å²) in [6, 6.07) is 6.22. The van der Waals surface area contributed by atoms with Gasteiger partial charge < -0.3 is 15.4 Å². The largest absolute Gasteiger partial charge is 0.377 e. The van der Waals surface area contributed by atoms with Crippen LogP contribution in [-0.4, -0.2) is 31.3 Å². The summed E-state index contributed by atoms with van der Waals surface area (Å²) in [4.78, 5) is 2.41. The first-order chi connectivity index (χ1) is 8.90. The van der Waals surface area contributed by atoms with Crippen molar-refractivity contribution in [2.75, 3.05) is 24.7 Å². The molecule has 3 nitrogen and oxygen atoms in total. The van der Waals surface area contributed by atoms with Gasteiger partial charge in [-0.25, -0.2) is 0 Å². The molecule has 1 atom stereocenters. The van der Waals surface area contributed by atoms with Crippen LogP contribution in [0.15, 0.2) is 18.2 Å². The minimum atomic E-state index is -0.00132. The summed E-state index contributed by atoms with van der Waals surface area (Å²) in [5.74, 6) is 0. The Bertz CT molecular complexity index is 446. The smallest absolute Gasteiger partial charge is 0.0694 e. The van der Waals surface area contributed by atoms with Gasteiger partial charge in [0.05, 0.1) is 18.8 Å². The van der Waals surface area contributed by atoms with Gasteiger partial charge in [-0.15, -0.1) is 0 Å². The van der Waals surface area contributed by atoms with Crippen LogP contribution >= 0.6 is 11.6 Å². The highest BCUT2D eigenvalue weighted by molar-refractivity contribution is 6.30. The molecule has 2 N–H and O–H groups in total. The van der Waals surface area contributed by atoms with Crippen molar-refractivity contribution in [1.29, 1.82) is 0 Å². The predicted octanol–water partition coefficient (Wildman–Crippen LogP) is 2.84. The maximum absolute atomic E-state index is 6.13. The molecule has 2 rings (SSSR count). The Balaban J connectivity index is 2.37. The van der Waals surface area contributed by atoms with Crippen molar-refractivity contribution in [3.05, 3.63) is 28.8 Å². The lowest BCUT2D eigenvalue weighted by molar-refractivity contribution is 0.0643. The molecular formula is C15H23ClN2O. The Morgan fingerprint density at radius 3 is 2.84 bits per heavy atom. The van der Waals surface area contributed by atoms with Crippen molar-refractivity contribution in [3.8, 4) is 0 Å². The fourth-order valence-electron chi connectivity index (χ4n) is 2.63. The van der Waals surface area contributed by atoms with Gasteiger partial charge in [-0.3, -0.25) is 0 Å². The Morgan fingerprint density at radius 1 is 1.47 bits per heavy atom. The van der Waals surface area contributed by atoms with E-state index in [0.29, 0.717) is 0 Å². The third-order valence-electron chi connectivity index (χ3n) is 3.52. The van der Waals surface area contributed by atoms with Gasteiger partial charge in [-0.2, -0.15) is 0 Å². The number of morpholine rings is 1. The van der Waals surface area contributed by atoms with Gasteiger partial charge in [0, 0.05) is 23.3 Å². The maximum Gasteiger partial charge on any atom is 0.0694 e. The van der Waals surface area contributed by atoms with E-state index >= 15 is 0 Å². The number of nitrogens with zero attached hydrogens (tertiary/aromatic N) is 1. The normalized spacial score (nSPS) is 20.4. The van der Waals surface area contributed by atoms with Crippen LogP contribution in [0.3, 0.4) is 0 Å². The first kappa shape index (κ1) is 14.6. The van der Waals surface area contributed by atoms with Gasteiger partial charge in [0.15, 0.2) is 0 Å². The number of rotatable bonds is 3. The van der Waals surface area contributed by atoms with Gasteiger partial charge >= 0.3 is 0 Å². The monoisotopic (exact) mass is 282 g/mol. The van der Waals surface area contributed by atoms with E-state index in [1.807, 2.05) is 19.1 Å². The Morgan fingerprint density at radius 2 is 2.21 bits per heavy atom. The fourth-order valence-corrected chi connectivity index (χ4v) is 2.83. The Hall–Kier alpha value is -0.770. The number of hydrogen-bond acceptors (Lipinski definition) is 3. The third kappa shape index (κ3) is 3.41. The first-order valence-electron chi connectivity index (χ1n) is 6.79. The summed E-state index contributed by atoms with van der Waals surface area (Å²) >= 11 is 6.13. The van der Waals surface area contributed by atoms with Gasteiger partial charge in [-0.05, 0) is 51.0 Å². The zero-order valence-corrected chi connectivity index (χ0v) is 12.7. The van der Waals surface area contributed by atoms with E-state index in [4.69, 9.17) is 22.1 Å². The molecule has 1 fully saturated rings. The molecule has 0 bridgehead atoms. The average Bonchev–Trinajstić information content (AvgIpc) is 2.29. The van der Waals surface area contributed by atoms with Crippen molar-refractivity contribution in [1.82, 2.24) is 0 Å². The number of halogens is 1. The molecule has 0 amide bonds. The molecular weight excluding hydrogens is 260 g/mol. The topological polar surface area (TPSA) is 38.5 Å². The molecule has 1 heterocycles. The highest BCUT2D eigenvalue weighted by Gasteiger charge is 2.31. The zero-order valence-electron chi connectivity index (χ0n) is 11.9. The molecule has 1 unspecified atom stereocenters. The quantitative estimate of drug-likeness (QED) is 0.926. The van der Waals surface area contributed by atoms with E-state index in [1.165, 1.54) is 11.3 Å². The maximum atomic E-state index is 6.13. The van der Waals surface area contributed by atoms with Crippen LogP contribution in [0.2, 0.25) is 5.02 Å². The second-order valence-electron chi connectivity index (χ2n) is 5.97. The molecule has 1 aromatic carbocycles. The third-order valence-corrected chi connectivity index (χ3v) is 3.75. The average molecular weight is 283 g/mol. The van der Waals surface area contributed by atoms with Gasteiger partial charge in [0.2, 0.25) is 0 Å². The molecule has 4 heteroatoms. The summed E-state index contributed by atoms with van der Waals surface area (Å²) in [7, 11) is 0. The van der Waals surface area contributed by atoms with Crippen LogP contribution in [0.4, 0.5) is 5.69 Å². The molecule has 0 saturated carbocycles. The van der Waals surface area contributed by atoms with Crippen LogP contribution in [0.1, 0.15) is 26.3 Å². The van der Waals surface area contributed by atoms with Crippen LogP contribution in [-0.2, 0) is 11.2 Å². The summed E-state index contributed by atoms with van der Waals surface area (Å²) < 4.78 is 5.59. The standard InChI is InChI=1S/C15H23ClN2O/c1-11(17)8-12-9-13(16)4-5-14(12)18-6-7-19-10-15(18,2)3/h4-5,9,11H,6-8,10,17H2,1-3H3. The molecule has 19 heavy (non-hydrogen) atoms. The zero-order chi connectivity index (χ0) is 14.0. The van der Waals surface area contributed by atoms with Gasteiger partial charge in [0.1, 0.15) is 0 Å². The van der Waals surface area contributed by atoms with Crippen molar-refractivity contribution in [3.63, 3.8) is 0 Å². The van der Waals surface area contributed by atoms with E-state index in [-0.39, 0.29) is 11.6 Å². The van der Waals surface area contributed by atoms with E-state index in [0.717, 1.165) is 31.2 Å². The number of hydrogen-bond donors (Lipinski definition) is 1. The molecule has 0 aromatic heterocycles. The van der Waals surface area contributed by atoms with E-state index in [1.54, 1.807) is 0 Å². The van der Waals surface area contributed by atoms with Gasteiger partial charge in [-0.1, -0.05) is 11.6 Å². The predicted molar refractivity (Wildman–Crippen MR) is 81.0 cm³/mol. The second-order valence-corrected chi connectivity index (χ2v) is 6.41. The first-order valence-corrected chi connectivity index (χ1v) is 7.17. The van der Waals surface area contributed by atoms with Crippen LogP contribution in [0.25, 0.3) is 0 Å².